The number of hydrogen-bond donors (Lipinski definition) is 1. The highest BCUT2D eigenvalue weighted by Gasteiger charge is 2.24. The number of fused-ring (bicyclic) bond motifs is 1. The van der Waals surface area contributed by atoms with E-state index in [2.05, 4.69) is 15.9 Å². The Morgan fingerprint density at radius 3 is 2.85 bits per heavy atom. The molecule has 0 spiro atoms. The van der Waals surface area contributed by atoms with Crippen molar-refractivity contribution in [3.05, 3.63) is 33.8 Å². The van der Waals surface area contributed by atoms with Crippen molar-refractivity contribution in [3.63, 3.8) is 0 Å². The minimum atomic E-state index is -0.915. The van der Waals surface area contributed by atoms with Crippen LogP contribution in [0, 0.1) is 0 Å². The lowest BCUT2D eigenvalue weighted by atomic mass is 10.1. The molecule has 5 heteroatoms. The van der Waals surface area contributed by atoms with Crippen molar-refractivity contribution in [2.75, 3.05) is 20.2 Å². The van der Waals surface area contributed by atoms with Crippen LogP contribution in [0.4, 0.5) is 0 Å². The van der Waals surface area contributed by atoms with E-state index >= 15 is 0 Å². The van der Waals surface area contributed by atoms with Crippen molar-refractivity contribution >= 4 is 27.9 Å². The maximum absolute atomic E-state index is 12.3. The molecule has 0 bridgehead atoms. The monoisotopic (exact) mass is 339 g/mol. The quantitative estimate of drug-likeness (QED) is 0.920. The number of likely N-dealkylation sites (N-methyl/N-ethyl adjacent to an activating group) is 1. The zero-order valence-corrected chi connectivity index (χ0v) is 13.4. The van der Waals surface area contributed by atoms with E-state index in [0.717, 1.165) is 15.8 Å². The number of halogens is 1. The Bertz CT molecular complexity index is 561. The zero-order valence-electron chi connectivity index (χ0n) is 11.8. The van der Waals surface area contributed by atoms with Crippen molar-refractivity contribution in [1.82, 2.24) is 4.90 Å². The Hall–Kier alpha value is -1.33. The Balaban J connectivity index is 2.20. The maximum atomic E-state index is 12.3. The van der Waals surface area contributed by atoms with Crippen LogP contribution in [0.3, 0.4) is 0 Å². The van der Waals surface area contributed by atoms with Gasteiger partial charge in [0.1, 0.15) is 12.4 Å². The maximum Gasteiger partial charge on any atom is 0.253 e. The fourth-order valence-electron chi connectivity index (χ4n) is 2.17. The normalized spacial score (nSPS) is 14.2. The molecule has 1 aromatic carbocycles. The number of benzene rings is 1. The number of rotatable bonds is 3. The predicted molar refractivity (Wildman–Crippen MR) is 81.5 cm³/mol. The summed E-state index contributed by atoms with van der Waals surface area (Å²) in [5.41, 5.74) is 0.550. The fourth-order valence-corrected chi connectivity index (χ4v) is 2.55. The van der Waals surface area contributed by atoms with E-state index in [4.69, 9.17) is 4.74 Å². The second-order valence-corrected chi connectivity index (χ2v) is 6.53. The van der Waals surface area contributed by atoms with Gasteiger partial charge in [0.2, 0.25) is 0 Å². The first-order chi connectivity index (χ1) is 9.26. The van der Waals surface area contributed by atoms with Gasteiger partial charge in [0.15, 0.2) is 0 Å². The van der Waals surface area contributed by atoms with Gasteiger partial charge < -0.3 is 14.7 Å². The Morgan fingerprint density at radius 1 is 1.50 bits per heavy atom. The Morgan fingerprint density at radius 2 is 2.20 bits per heavy atom. The summed E-state index contributed by atoms with van der Waals surface area (Å²) in [6.45, 7) is 3.88. The summed E-state index contributed by atoms with van der Waals surface area (Å²) in [6, 6.07) is 5.69. The lowest BCUT2D eigenvalue weighted by molar-refractivity contribution is -0.128. The summed E-state index contributed by atoms with van der Waals surface area (Å²) in [6.07, 6.45) is 1.84. The van der Waals surface area contributed by atoms with Gasteiger partial charge in [0.05, 0.1) is 11.2 Å². The summed E-state index contributed by atoms with van der Waals surface area (Å²) >= 11 is 3.40. The molecular formula is C15H18BrNO3. The Kier molecular flexibility index (Phi) is 4.20. The lowest BCUT2D eigenvalue weighted by Crippen LogP contribution is -2.41. The molecule has 0 saturated heterocycles. The summed E-state index contributed by atoms with van der Waals surface area (Å²) < 4.78 is 6.53. The topological polar surface area (TPSA) is 49.8 Å². The van der Waals surface area contributed by atoms with Gasteiger partial charge in [-0.05, 0) is 38.1 Å². The van der Waals surface area contributed by atoms with Crippen molar-refractivity contribution in [2.24, 2.45) is 0 Å². The van der Waals surface area contributed by atoms with Crippen molar-refractivity contribution in [3.8, 4) is 5.75 Å². The molecule has 0 aliphatic carbocycles. The number of hydrogen-bond acceptors (Lipinski definition) is 3. The molecule has 1 amide bonds. The second-order valence-electron chi connectivity index (χ2n) is 5.61. The van der Waals surface area contributed by atoms with Gasteiger partial charge in [0.25, 0.3) is 5.91 Å². The summed E-state index contributed by atoms with van der Waals surface area (Å²) in [5, 5.41) is 9.78. The molecule has 0 radical (unpaired) electrons. The molecular weight excluding hydrogens is 322 g/mol. The van der Waals surface area contributed by atoms with Gasteiger partial charge in [-0.3, -0.25) is 4.79 Å². The first-order valence-electron chi connectivity index (χ1n) is 6.37. The molecule has 2 rings (SSSR count). The standard InChI is InChI=1S/C15H18BrNO3/c1-15(2,19)9-17(3)14(18)11-6-10-7-12(16)4-5-13(10)20-8-11/h4-7,19H,8-9H2,1-3H3. The molecule has 0 aromatic heterocycles. The van der Waals surface area contributed by atoms with Gasteiger partial charge in [-0.1, -0.05) is 15.9 Å². The minimum absolute atomic E-state index is 0.127. The molecule has 0 unspecified atom stereocenters. The third-order valence-electron chi connectivity index (χ3n) is 2.93. The van der Waals surface area contributed by atoms with Crippen molar-refractivity contribution < 1.29 is 14.6 Å². The van der Waals surface area contributed by atoms with E-state index in [1.165, 1.54) is 4.90 Å². The summed E-state index contributed by atoms with van der Waals surface area (Å²) in [5.74, 6) is 0.646. The van der Waals surface area contributed by atoms with Gasteiger partial charge in [-0.2, -0.15) is 0 Å². The number of aliphatic hydroxyl groups is 1. The third kappa shape index (κ3) is 3.61. The molecule has 108 valence electrons. The molecule has 0 fully saturated rings. The van der Waals surface area contributed by atoms with Gasteiger partial charge in [-0.25, -0.2) is 0 Å². The van der Waals surface area contributed by atoms with Gasteiger partial charge in [0, 0.05) is 23.6 Å². The first-order valence-corrected chi connectivity index (χ1v) is 7.16. The largest absolute Gasteiger partial charge is 0.488 e. The molecule has 1 aliphatic rings. The highest BCUT2D eigenvalue weighted by atomic mass is 79.9. The SMILES string of the molecule is CN(CC(C)(C)O)C(=O)C1=Cc2cc(Br)ccc2OC1. The Labute approximate surface area is 127 Å². The summed E-state index contributed by atoms with van der Waals surface area (Å²) in [7, 11) is 1.68. The number of ether oxygens (including phenoxy) is 1. The molecule has 1 aliphatic heterocycles. The van der Waals surface area contributed by atoms with Crippen LogP contribution in [0.15, 0.2) is 28.2 Å². The van der Waals surface area contributed by atoms with E-state index in [1.807, 2.05) is 24.3 Å². The van der Waals surface area contributed by atoms with Gasteiger partial charge in [-0.15, -0.1) is 0 Å². The minimum Gasteiger partial charge on any atom is -0.488 e. The van der Waals surface area contributed by atoms with Crippen LogP contribution in [0.2, 0.25) is 0 Å². The van der Waals surface area contributed by atoms with Crippen LogP contribution in [-0.2, 0) is 4.79 Å². The average molecular weight is 340 g/mol. The van der Waals surface area contributed by atoms with E-state index < -0.39 is 5.60 Å². The lowest BCUT2D eigenvalue weighted by Gasteiger charge is -2.27. The molecule has 1 heterocycles. The number of carbonyl (C=O) groups excluding carboxylic acids is 1. The number of nitrogens with zero attached hydrogens (tertiary/aromatic N) is 1. The average Bonchev–Trinajstić information content (AvgIpc) is 2.34. The van der Waals surface area contributed by atoms with Crippen molar-refractivity contribution in [1.29, 1.82) is 0 Å². The van der Waals surface area contributed by atoms with Crippen LogP contribution in [-0.4, -0.2) is 41.7 Å². The number of carbonyl (C=O) groups is 1. The van der Waals surface area contributed by atoms with Crippen molar-refractivity contribution in [2.45, 2.75) is 19.4 Å². The smallest absolute Gasteiger partial charge is 0.253 e. The molecule has 0 atom stereocenters. The van der Waals surface area contributed by atoms with E-state index in [9.17, 15) is 9.90 Å². The summed E-state index contributed by atoms with van der Waals surface area (Å²) in [4.78, 5) is 13.8. The highest BCUT2D eigenvalue weighted by Crippen LogP contribution is 2.29. The fraction of sp³-hybridized carbons (Fsp3) is 0.400. The molecule has 20 heavy (non-hydrogen) atoms. The van der Waals surface area contributed by atoms with E-state index in [-0.39, 0.29) is 19.1 Å². The van der Waals surface area contributed by atoms with E-state index in [0.29, 0.717) is 5.57 Å². The zero-order chi connectivity index (χ0) is 14.9. The predicted octanol–water partition coefficient (Wildman–Crippen LogP) is 2.45. The van der Waals surface area contributed by atoms with E-state index in [1.54, 1.807) is 20.9 Å². The van der Waals surface area contributed by atoms with Crippen LogP contribution in [0.5, 0.6) is 5.75 Å². The first kappa shape index (κ1) is 15.1. The van der Waals surface area contributed by atoms with Crippen LogP contribution in [0.1, 0.15) is 19.4 Å². The second kappa shape index (κ2) is 5.58. The van der Waals surface area contributed by atoms with Crippen LogP contribution >= 0.6 is 15.9 Å². The molecule has 4 nitrogen and oxygen atoms in total. The van der Waals surface area contributed by atoms with Crippen LogP contribution in [0.25, 0.3) is 6.08 Å². The highest BCUT2D eigenvalue weighted by molar-refractivity contribution is 9.10. The van der Waals surface area contributed by atoms with Gasteiger partial charge >= 0.3 is 0 Å². The third-order valence-corrected chi connectivity index (χ3v) is 3.42. The molecule has 0 saturated carbocycles. The van der Waals surface area contributed by atoms with Crippen LogP contribution < -0.4 is 4.74 Å². The molecule has 1 aromatic rings. The molecule has 1 N–H and O–H groups in total. The number of amides is 1.